The van der Waals surface area contributed by atoms with Crippen LogP contribution in [0.5, 0.6) is 0 Å². The van der Waals surface area contributed by atoms with Gasteiger partial charge in [0.25, 0.3) is 5.91 Å². The van der Waals surface area contributed by atoms with Crippen LogP contribution in [0.15, 0.2) is 42.5 Å². The highest BCUT2D eigenvalue weighted by atomic mass is 19.1. The van der Waals surface area contributed by atoms with E-state index in [0.29, 0.717) is 17.7 Å². The molecular formula is C17H15FN2O2. The van der Waals surface area contributed by atoms with E-state index in [1.807, 2.05) is 13.0 Å². The van der Waals surface area contributed by atoms with Crippen LogP contribution >= 0.6 is 0 Å². The maximum absolute atomic E-state index is 12.9. The minimum absolute atomic E-state index is 0.276. The summed E-state index contributed by atoms with van der Waals surface area (Å²) in [6.45, 7) is 1.82. The average Bonchev–Trinajstić information content (AvgIpc) is 2.59. The topological polar surface area (TPSA) is 58.2 Å². The van der Waals surface area contributed by atoms with E-state index in [1.165, 1.54) is 12.1 Å². The zero-order valence-corrected chi connectivity index (χ0v) is 12.0. The molecule has 0 saturated carbocycles. The molecule has 0 aliphatic carbocycles. The van der Waals surface area contributed by atoms with Crippen LogP contribution in [0.2, 0.25) is 0 Å². The predicted molar refractivity (Wildman–Crippen MR) is 81.2 cm³/mol. The third kappa shape index (κ3) is 2.70. The van der Waals surface area contributed by atoms with Gasteiger partial charge in [0.2, 0.25) is 5.91 Å². The molecule has 1 aliphatic heterocycles. The van der Waals surface area contributed by atoms with Crippen LogP contribution in [-0.4, -0.2) is 17.9 Å². The highest BCUT2D eigenvalue weighted by Gasteiger charge is 2.28. The minimum atomic E-state index is -0.690. The maximum Gasteiger partial charge on any atom is 0.254 e. The number of fused-ring (bicyclic) bond motifs is 1. The first-order valence-electron chi connectivity index (χ1n) is 7.00. The summed E-state index contributed by atoms with van der Waals surface area (Å²) in [5, 5.41) is 5.52. The van der Waals surface area contributed by atoms with E-state index in [4.69, 9.17) is 0 Å². The van der Waals surface area contributed by atoms with Crippen molar-refractivity contribution in [3.63, 3.8) is 0 Å². The molecule has 0 radical (unpaired) electrons. The summed E-state index contributed by atoms with van der Waals surface area (Å²) < 4.78 is 12.9. The summed E-state index contributed by atoms with van der Waals surface area (Å²) in [7, 11) is 0. The molecule has 2 N–H and O–H groups in total. The molecule has 4 nitrogen and oxygen atoms in total. The number of anilines is 1. The molecular weight excluding hydrogens is 283 g/mol. The van der Waals surface area contributed by atoms with Gasteiger partial charge in [0.15, 0.2) is 0 Å². The number of rotatable bonds is 2. The Kier molecular flexibility index (Phi) is 3.63. The summed E-state index contributed by atoms with van der Waals surface area (Å²) in [6, 6.07) is 10.5. The van der Waals surface area contributed by atoms with E-state index >= 15 is 0 Å². The molecule has 0 aromatic heterocycles. The van der Waals surface area contributed by atoms with Crippen molar-refractivity contribution in [2.45, 2.75) is 19.4 Å². The maximum atomic E-state index is 12.9. The lowest BCUT2D eigenvalue weighted by Crippen LogP contribution is -2.42. The van der Waals surface area contributed by atoms with Crippen molar-refractivity contribution in [1.82, 2.24) is 5.32 Å². The summed E-state index contributed by atoms with van der Waals surface area (Å²) in [4.78, 5) is 24.7. The predicted octanol–water partition coefficient (Wildman–Crippen LogP) is 2.43. The van der Waals surface area contributed by atoms with Crippen molar-refractivity contribution in [3.05, 3.63) is 65.0 Å². The fourth-order valence-corrected chi connectivity index (χ4v) is 2.59. The van der Waals surface area contributed by atoms with Gasteiger partial charge in [-0.15, -0.1) is 0 Å². The quantitative estimate of drug-likeness (QED) is 0.894. The van der Waals surface area contributed by atoms with Crippen LogP contribution in [0, 0.1) is 12.7 Å². The number of aryl methyl sites for hydroxylation is 1. The molecule has 1 atom stereocenters. The third-order valence-electron chi connectivity index (χ3n) is 3.73. The normalized spacial score (nSPS) is 17.3. The summed E-state index contributed by atoms with van der Waals surface area (Å²) in [6.07, 6.45) is 0.310. The number of hydrogen-bond donors (Lipinski definition) is 2. The second kappa shape index (κ2) is 5.60. The van der Waals surface area contributed by atoms with E-state index in [2.05, 4.69) is 10.6 Å². The van der Waals surface area contributed by atoms with Crippen molar-refractivity contribution < 1.29 is 14.0 Å². The lowest BCUT2D eigenvalue weighted by molar-refractivity contribution is -0.117. The molecule has 2 amide bonds. The number of halogens is 1. The first-order chi connectivity index (χ1) is 10.5. The SMILES string of the molecule is Cc1cccc2c1C(=O)N[C@@H](Cc1ccc(F)cc1)C(=O)N2. The Bertz CT molecular complexity index is 741. The van der Waals surface area contributed by atoms with Crippen LogP contribution in [-0.2, 0) is 11.2 Å². The van der Waals surface area contributed by atoms with Gasteiger partial charge in [0.05, 0.1) is 11.3 Å². The molecule has 0 bridgehead atoms. The van der Waals surface area contributed by atoms with Gasteiger partial charge in [0.1, 0.15) is 11.9 Å². The van der Waals surface area contributed by atoms with Gasteiger partial charge in [-0.2, -0.15) is 0 Å². The Morgan fingerprint density at radius 1 is 1.09 bits per heavy atom. The molecule has 22 heavy (non-hydrogen) atoms. The Hall–Kier alpha value is -2.69. The molecule has 0 spiro atoms. The van der Waals surface area contributed by atoms with Gasteiger partial charge < -0.3 is 10.6 Å². The highest BCUT2D eigenvalue weighted by Crippen LogP contribution is 2.22. The van der Waals surface area contributed by atoms with Gasteiger partial charge in [-0.3, -0.25) is 9.59 Å². The van der Waals surface area contributed by atoms with Crippen molar-refractivity contribution in [1.29, 1.82) is 0 Å². The molecule has 5 heteroatoms. The van der Waals surface area contributed by atoms with Crippen molar-refractivity contribution in [2.75, 3.05) is 5.32 Å². The van der Waals surface area contributed by atoms with Crippen LogP contribution in [0.3, 0.4) is 0 Å². The fraction of sp³-hybridized carbons (Fsp3) is 0.176. The standard InChI is InChI=1S/C17H15FN2O2/c1-10-3-2-4-13-15(10)17(22)20-14(16(21)19-13)9-11-5-7-12(18)8-6-11/h2-8,14H,9H2,1H3,(H,19,21)(H,20,22)/t14-/m0/s1. The van der Waals surface area contributed by atoms with Gasteiger partial charge in [-0.1, -0.05) is 24.3 Å². The second-order valence-electron chi connectivity index (χ2n) is 5.34. The average molecular weight is 298 g/mol. The summed E-state index contributed by atoms with van der Waals surface area (Å²) in [5.74, 6) is -0.887. The smallest absolute Gasteiger partial charge is 0.254 e. The minimum Gasteiger partial charge on any atom is -0.340 e. The monoisotopic (exact) mass is 298 g/mol. The summed E-state index contributed by atoms with van der Waals surface area (Å²) >= 11 is 0. The van der Waals surface area contributed by atoms with Crippen molar-refractivity contribution in [3.8, 4) is 0 Å². The van der Waals surface area contributed by atoms with E-state index in [0.717, 1.165) is 11.1 Å². The molecule has 1 aliphatic rings. The van der Waals surface area contributed by atoms with E-state index in [1.54, 1.807) is 24.3 Å². The first-order valence-corrected chi connectivity index (χ1v) is 7.00. The van der Waals surface area contributed by atoms with E-state index in [-0.39, 0.29) is 17.6 Å². The van der Waals surface area contributed by atoms with Crippen molar-refractivity contribution >= 4 is 17.5 Å². The van der Waals surface area contributed by atoms with Crippen LogP contribution in [0.25, 0.3) is 0 Å². The molecule has 112 valence electrons. The zero-order chi connectivity index (χ0) is 15.7. The lowest BCUT2D eigenvalue weighted by atomic mass is 10.0. The fourth-order valence-electron chi connectivity index (χ4n) is 2.59. The Labute approximate surface area is 127 Å². The Morgan fingerprint density at radius 2 is 1.82 bits per heavy atom. The molecule has 0 unspecified atom stereocenters. The van der Waals surface area contributed by atoms with Gasteiger partial charge in [0, 0.05) is 6.42 Å². The number of carbonyl (C=O) groups is 2. The Morgan fingerprint density at radius 3 is 2.55 bits per heavy atom. The second-order valence-corrected chi connectivity index (χ2v) is 5.34. The van der Waals surface area contributed by atoms with Crippen LogP contribution < -0.4 is 10.6 Å². The van der Waals surface area contributed by atoms with E-state index < -0.39 is 6.04 Å². The zero-order valence-electron chi connectivity index (χ0n) is 12.0. The third-order valence-corrected chi connectivity index (χ3v) is 3.73. The highest BCUT2D eigenvalue weighted by molar-refractivity contribution is 6.10. The van der Waals surface area contributed by atoms with Crippen molar-refractivity contribution in [2.24, 2.45) is 0 Å². The van der Waals surface area contributed by atoms with E-state index in [9.17, 15) is 14.0 Å². The molecule has 1 heterocycles. The number of benzene rings is 2. The van der Waals surface area contributed by atoms with Gasteiger partial charge in [-0.05, 0) is 36.2 Å². The first kappa shape index (κ1) is 14.3. The van der Waals surface area contributed by atoms with Gasteiger partial charge in [-0.25, -0.2) is 4.39 Å². The number of amides is 2. The van der Waals surface area contributed by atoms with Gasteiger partial charge >= 0.3 is 0 Å². The summed E-state index contributed by atoms with van der Waals surface area (Å²) in [5.41, 5.74) is 2.59. The lowest BCUT2D eigenvalue weighted by Gasteiger charge is -2.14. The Balaban J connectivity index is 1.87. The number of carbonyl (C=O) groups excluding carboxylic acids is 2. The molecule has 0 saturated heterocycles. The van der Waals surface area contributed by atoms with Crippen LogP contribution in [0.1, 0.15) is 21.5 Å². The molecule has 2 aromatic carbocycles. The molecule has 3 rings (SSSR count). The number of nitrogens with one attached hydrogen (secondary N) is 2. The number of hydrogen-bond acceptors (Lipinski definition) is 2. The van der Waals surface area contributed by atoms with Crippen LogP contribution in [0.4, 0.5) is 10.1 Å². The molecule has 2 aromatic rings. The largest absolute Gasteiger partial charge is 0.340 e. The molecule has 0 fully saturated rings.